The summed E-state index contributed by atoms with van der Waals surface area (Å²) in [4.78, 5) is 11.9. The minimum atomic E-state index is -0.310. The Morgan fingerprint density at radius 2 is 1.89 bits per heavy atom. The van der Waals surface area contributed by atoms with Gasteiger partial charge in [-0.3, -0.25) is 4.79 Å². The minimum Gasteiger partial charge on any atom is -0.440 e. The fourth-order valence-corrected chi connectivity index (χ4v) is 2.55. The highest BCUT2D eigenvalue weighted by Crippen LogP contribution is 2.26. The van der Waals surface area contributed by atoms with E-state index in [0.717, 1.165) is 21.3 Å². The topological polar surface area (TPSA) is 42.2 Å². The van der Waals surface area contributed by atoms with Crippen LogP contribution < -0.4 is 5.32 Å². The minimum absolute atomic E-state index is 0.196. The number of aryl methyl sites for hydroxylation is 2. The summed E-state index contributed by atoms with van der Waals surface area (Å²) in [5, 5.41) is 3.02. The molecule has 0 radical (unpaired) electrons. The Hall–Kier alpha value is -1.26. The fourth-order valence-electron chi connectivity index (χ4n) is 1.72. The number of halogens is 2. The van der Waals surface area contributed by atoms with Crippen molar-refractivity contribution in [3.8, 4) is 0 Å². The molecule has 0 fully saturated rings. The largest absolute Gasteiger partial charge is 0.440 e. The number of amides is 1. The van der Waals surface area contributed by atoms with E-state index in [1.54, 1.807) is 6.07 Å². The Labute approximate surface area is 118 Å². The molecule has 2 rings (SSSR count). The van der Waals surface area contributed by atoms with Gasteiger partial charge in [0, 0.05) is 10.2 Å². The van der Waals surface area contributed by atoms with Crippen LogP contribution >= 0.6 is 27.5 Å². The first-order valence-corrected chi connectivity index (χ1v) is 6.48. The van der Waals surface area contributed by atoms with Crippen LogP contribution in [-0.2, 0) is 0 Å². The van der Waals surface area contributed by atoms with Gasteiger partial charge in [0.15, 0.2) is 11.0 Å². The quantitative estimate of drug-likeness (QED) is 0.877. The summed E-state index contributed by atoms with van der Waals surface area (Å²) < 4.78 is 6.05. The van der Waals surface area contributed by atoms with Gasteiger partial charge < -0.3 is 9.73 Å². The molecule has 5 heteroatoms. The van der Waals surface area contributed by atoms with Crippen molar-refractivity contribution < 1.29 is 9.21 Å². The predicted octanol–water partition coefficient (Wildman–Crippen LogP) is 4.56. The van der Waals surface area contributed by atoms with Gasteiger partial charge in [-0.15, -0.1) is 0 Å². The molecule has 0 bridgehead atoms. The van der Waals surface area contributed by atoms with Crippen molar-refractivity contribution >= 4 is 39.1 Å². The molecule has 0 aliphatic rings. The van der Waals surface area contributed by atoms with Gasteiger partial charge in [0.25, 0.3) is 5.91 Å². The van der Waals surface area contributed by atoms with Gasteiger partial charge in [0.2, 0.25) is 0 Å². The molecular formula is C13H11BrClNO2. The zero-order valence-electron chi connectivity index (χ0n) is 9.88. The van der Waals surface area contributed by atoms with Gasteiger partial charge >= 0.3 is 0 Å². The summed E-state index contributed by atoms with van der Waals surface area (Å²) in [6.45, 7) is 3.87. The number of benzene rings is 1. The molecule has 0 aliphatic heterocycles. The molecule has 1 N–H and O–H groups in total. The van der Waals surface area contributed by atoms with Crippen LogP contribution in [0.4, 0.5) is 5.69 Å². The fraction of sp³-hybridized carbons (Fsp3) is 0.154. The van der Waals surface area contributed by atoms with Crippen molar-refractivity contribution in [3.05, 3.63) is 50.8 Å². The maximum absolute atomic E-state index is 11.9. The first-order valence-electron chi connectivity index (χ1n) is 5.31. The highest BCUT2D eigenvalue weighted by atomic mass is 79.9. The first-order chi connectivity index (χ1) is 8.47. The standard InChI is InChI=1S/C13H11BrClNO2/c1-7-5-9(14)6-8(2)12(7)16-13(17)10-3-4-11(15)18-10/h3-6H,1-2H3,(H,16,17). The van der Waals surface area contributed by atoms with E-state index >= 15 is 0 Å². The lowest BCUT2D eigenvalue weighted by Gasteiger charge is -2.11. The molecule has 1 heterocycles. The number of rotatable bonds is 2. The lowest BCUT2D eigenvalue weighted by atomic mass is 10.1. The molecule has 3 nitrogen and oxygen atoms in total. The van der Waals surface area contributed by atoms with Crippen molar-refractivity contribution in [2.75, 3.05) is 5.32 Å². The predicted molar refractivity (Wildman–Crippen MR) is 75.3 cm³/mol. The highest BCUT2D eigenvalue weighted by Gasteiger charge is 2.13. The van der Waals surface area contributed by atoms with Gasteiger partial charge in [-0.05, 0) is 60.8 Å². The third-order valence-corrected chi connectivity index (χ3v) is 3.19. The van der Waals surface area contributed by atoms with Crippen LogP contribution in [0.15, 0.2) is 33.2 Å². The van der Waals surface area contributed by atoms with Gasteiger partial charge in [0.05, 0.1) is 0 Å². The molecule has 2 aromatic rings. The summed E-state index contributed by atoms with van der Waals surface area (Å²) in [7, 11) is 0. The molecule has 0 aliphatic carbocycles. The highest BCUT2D eigenvalue weighted by molar-refractivity contribution is 9.10. The lowest BCUT2D eigenvalue weighted by Crippen LogP contribution is -2.13. The van der Waals surface area contributed by atoms with Crippen molar-refractivity contribution in [1.82, 2.24) is 0 Å². The van der Waals surface area contributed by atoms with E-state index in [4.69, 9.17) is 16.0 Å². The summed E-state index contributed by atoms with van der Waals surface area (Å²) in [6.07, 6.45) is 0. The number of carbonyl (C=O) groups is 1. The number of furan rings is 1. The molecule has 94 valence electrons. The molecule has 0 spiro atoms. The Kier molecular flexibility index (Phi) is 3.78. The third-order valence-electron chi connectivity index (χ3n) is 2.53. The van der Waals surface area contributed by atoms with Crippen LogP contribution in [0.5, 0.6) is 0 Å². The number of hydrogen-bond acceptors (Lipinski definition) is 2. The monoisotopic (exact) mass is 327 g/mol. The Morgan fingerprint density at radius 1 is 1.28 bits per heavy atom. The van der Waals surface area contributed by atoms with E-state index in [1.807, 2.05) is 26.0 Å². The molecule has 0 unspecified atom stereocenters. The number of anilines is 1. The Balaban J connectivity index is 2.27. The van der Waals surface area contributed by atoms with Crippen LogP contribution in [0.3, 0.4) is 0 Å². The zero-order valence-corrected chi connectivity index (χ0v) is 12.2. The van der Waals surface area contributed by atoms with Gasteiger partial charge in [-0.1, -0.05) is 15.9 Å². The summed E-state index contributed by atoms with van der Waals surface area (Å²) >= 11 is 9.05. The SMILES string of the molecule is Cc1cc(Br)cc(C)c1NC(=O)c1ccc(Cl)o1. The lowest BCUT2D eigenvalue weighted by molar-refractivity contribution is 0.0996. The molecule has 0 saturated carbocycles. The summed E-state index contributed by atoms with van der Waals surface area (Å²) in [6, 6.07) is 6.97. The second-order valence-corrected chi connectivity index (χ2v) is 5.26. The van der Waals surface area contributed by atoms with Gasteiger partial charge in [-0.2, -0.15) is 0 Å². The summed E-state index contributed by atoms with van der Waals surface area (Å²) in [5.41, 5.74) is 2.75. The molecule has 0 atom stereocenters. The summed E-state index contributed by atoms with van der Waals surface area (Å²) in [5.74, 6) is -0.114. The van der Waals surface area contributed by atoms with Crippen LogP contribution in [0.25, 0.3) is 0 Å². The Morgan fingerprint density at radius 3 is 2.39 bits per heavy atom. The van der Waals surface area contributed by atoms with Crippen LogP contribution in [0.2, 0.25) is 5.22 Å². The maximum atomic E-state index is 11.9. The van der Waals surface area contributed by atoms with Crippen molar-refractivity contribution in [3.63, 3.8) is 0 Å². The maximum Gasteiger partial charge on any atom is 0.291 e. The van der Waals surface area contributed by atoms with E-state index in [-0.39, 0.29) is 16.9 Å². The van der Waals surface area contributed by atoms with Crippen molar-refractivity contribution in [2.24, 2.45) is 0 Å². The molecule has 1 aromatic carbocycles. The van der Waals surface area contributed by atoms with Gasteiger partial charge in [-0.25, -0.2) is 0 Å². The van der Waals surface area contributed by atoms with E-state index in [1.165, 1.54) is 6.07 Å². The second-order valence-electron chi connectivity index (χ2n) is 3.97. The average molecular weight is 329 g/mol. The molecular weight excluding hydrogens is 318 g/mol. The van der Waals surface area contributed by atoms with Crippen LogP contribution in [0, 0.1) is 13.8 Å². The van der Waals surface area contributed by atoms with Crippen molar-refractivity contribution in [2.45, 2.75) is 13.8 Å². The van der Waals surface area contributed by atoms with Gasteiger partial charge in [0.1, 0.15) is 0 Å². The molecule has 0 saturated heterocycles. The number of carbonyl (C=O) groups excluding carboxylic acids is 1. The third kappa shape index (κ3) is 2.76. The normalized spacial score (nSPS) is 10.4. The Bertz CT molecular complexity index is 584. The average Bonchev–Trinajstić information content (AvgIpc) is 2.70. The number of hydrogen-bond donors (Lipinski definition) is 1. The second kappa shape index (κ2) is 5.16. The van der Waals surface area contributed by atoms with E-state index in [9.17, 15) is 4.79 Å². The first kappa shape index (κ1) is 13.2. The van der Waals surface area contributed by atoms with E-state index in [0.29, 0.717) is 0 Å². The molecule has 18 heavy (non-hydrogen) atoms. The van der Waals surface area contributed by atoms with E-state index in [2.05, 4.69) is 21.2 Å². The van der Waals surface area contributed by atoms with Crippen LogP contribution in [0.1, 0.15) is 21.7 Å². The smallest absolute Gasteiger partial charge is 0.291 e. The molecule has 1 aromatic heterocycles. The molecule has 1 amide bonds. The van der Waals surface area contributed by atoms with Crippen molar-refractivity contribution in [1.29, 1.82) is 0 Å². The van der Waals surface area contributed by atoms with E-state index < -0.39 is 0 Å². The zero-order chi connectivity index (χ0) is 13.3. The van der Waals surface area contributed by atoms with Crippen LogP contribution in [-0.4, -0.2) is 5.91 Å². The number of nitrogens with one attached hydrogen (secondary N) is 1.